The van der Waals surface area contributed by atoms with Gasteiger partial charge in [0, 0.05) is 22.0 Å². The Morgan fingerprint density at radius 1 is 1.26 bits per heavy atom. The molecule has 0 saturated heterocycles. The normalized spacial score (nSPS) is 18.7. The number of halogens is 1. The van der Waals surface area contributed by atoms with Crippen LogP contribution in [0.3, 0.4) is 0 Å². The van der Waals surface area contributed by atoms with Crippen molar-refractivity contribution in [3.8, 4) is 5.75 Å². The molecule has 0 unspecified atom stereocenters. The van der Waals surface area contributed by atoms with Crippen molar-refractivity contribution < 1.29 is 19.4 Å². The number of anilines is 1. The number of hydrogen-bond acceptors (Lipinski definition) is 4. The zero-order chi connectivity index (χ0) is 19.8. The Kier molecular flexibility index (Phi) is 5.40. The van der Waals surface area contributed by atoms with Crippen molar-refractivity contribution in [1.29, 1.82) is 0 Å². The van der Waals surface area contributed by atoms with E-state index in [1.807, 2.05) is 44.2 Å². The summed E-state index contributed by atoms with van der Waals surface area (Å²) in [7, 11) is 0. The molecule has 1 N–H and O–H groups in total. The fourth-order valence-electron chi connectivity index (χ4n) is 3.38. The van der Waals surface area contributed by atoms with Gasteiger partial charge in [0.15, 0.2) is 5.60 Å². The molecule has 1 aliphatic rings. The minimum atomic E-state index is -1.85. The standard InChI is InChI=1S/C21H22BrNO4/c1-13(2)27-19-7-5-4-6-15(19)12-23-18-9-8-16(22)10-17(18)21(26,20(23)25)11-14(3)24/h4-10,13,26H,11-12H2,1-3H3/t21-/m0/s1. The number of benzene rings is 2. The molecule has 0 radical (unpaired) electrons. The number of ether oxygens (including phenoxy) is 1. The number of aliphatic hydroxyl groups is 1. The second kappa shape index (κ2) is 7.44. The molecular formula is C21H22BrNO4. The van der Waals surface area contributed by atoms with Crippen molar-refractivity contribution in [3.05, 3.63) is 58.1 Å². The second-order valence-corrected chi connectivity index (χ2v) is 7.98. The molecule has 1 aliphatic heterocycles. The Labute approximate surface area is 167 Å². The first-order valence-electron chi connectivity index (χ1n) is 8.80. The van der Waals surface area contributed by atoms with E-state index < -0.39 is 11.5 Å². The molecule has 1 heterocycles. The third kappa shape index (κ3) is 3.77. The predicted octanol–water partition coefficient (Wildman–Crippen LogP) is 3.95. The lowest BCUT2D eigenvalue weighted by Crippen LogP contribution is -2.41. The van der Waals surface area contributed by atoms with Crippen molar-refractivity contribution >= 4 is 33.3 Å². The van der Waals surface area contributed by atoms with Crippen LogP contribution in [0.25, 0.3) is 0 Å². The van der Waals surface area contributed by atoms with E-state index in [0.717, 1.165) is 10.0 Å². The zero-order valence-electron chi connectivity index (χ0n) is 15.5. The van der Waals surface area contributed by atoms with Crippen LogP contribution in [0.15, 0.2) is 46.9 Å². The van der Waals surface area contributed by atoms with Crippen LogP contribution < -0.4 is 9.64 Å². The van der Waals surface area contributed by atoms with Crippen molar-refractivity contribution in [2.24, 2.45) is 0 Å². The zero-order valence-corrected chi connectivity index (χ0v) is 17.1. The SMILES string of the molecule is CC(=O)C[C@@]1(O)C(=O)N(Cc2ccccc2OC(C)C)c2ccc(Br)cc21. The highest BCUT2D eigenvalue weighted by Crippen LogP contribution is 2.44. The molecular weight excluding hydrogens is 410 g/mol. The molecule has 27 heavy (non-hydrogen) atoms. The number of para-hydroxylation sites is 1. The summed E-state index contributed by atoms with van der Waals surface area (Å²) in [4.78, 5) is 26.4. The number of ketones is 1. The smallest absolute Gasteiger partial charge is 0.264 e. The fourth-order valence-corrected chi connectivity index (χ4v) is 3.75. The fraction of sp³-hybridized carbons (Fsp3) is 0.333. The molecule has 1 amide bonds. The lowest BCUT2D eigenvalue weighted by atomic mass is 9.90. The molecule has 0 saturated carbocycles. The van der Waals surface area contributed by atoms with Crippen molar-refractivity contribution in [3.63, 3.8) is 0 Å². The van der Waals surface area contributed by atoms with E-state index >= 15 is 0 Å². The highest BCUT2D eigenvalue weighted by atomic mass is 79.9. The van der Waals surface area contributed by atoms with E-state index in [1.54, 1.807) is 12.1 Å². The average Bonchev–Trinajstić information content (AvgIpc) is 2.77. The Morgan fingerprint density at radius 3 is 2.63 bits per heavy atom. The van der Waals surface area contributed by atoms with Gasteiger partial charge in [-0.2, -0.15) is 0 Å². The highest BCUT2D eigenvalue weighted by Gasteiger charge is 2.50. The molecule has 2 aromatic rings. The van der Waals surface area contributed by atoms with E-state index in [9.17, 15) is 14.7 Å². The van der Waals surface area contributed by atoms with Gasteiger partial charge in [-0.05, 0) is 45.0 Å². The number of nitrogens with zero attached hydrogens (tertiary/aromatic N) is 1. The molecule has 0 bridgehead atoms. The van der Waals surface area contributed by atoms with Gasteiger partial charge in [0.05, 0.1) is 18.3 Å². The largest absolute Gasteiger partial charge is 0.491 e. The van der Waals surface area contributed by atoms with Crippen LogP contribution >= 0.6 is 15.9 Å². The van der Waals surface area contributed by atoms with Gasteiger partial charge in [0.2, 0.25) is 0 Å². The quantitative estimate of drug-likeness (QED) is 0.751. The number of carbonyl (C=O) groups is 2. The maximum atomic E-state index is 13.1. The van der Waals surface area contributed by atoms with Gasteiger partial charge in [-0.1, -0.05) is 34.1 Å². The molecule has 142 valence electrons. The van der Waals surface area contributed by atoms with Crippen molar-refractivity contribution in [1.82, 2.24) is 0 Å². The Bertz CT molecular complexity index is 896. The van der Waals surface area contributed by atoms with E-state index in [4.69, 9.17) is 4.74 Å². The van der Waals surface area contributed by atoms with Crippen LogP contribution in [0.4, 0.5) is 5.69 Å². The first-order chi connectivity index (χ1) is 12.7. The molecule has 0 aliphatic carbocycles. The van der Waals surface area contributed by atoms with Crippen LogP contribution in [-0.4, -0.2) is 22.9 Å². The molecule has 1 atom stereocenters. The monoisotopic (exact) mass is 431 g/mol. The summed E-state index contributed by atoms with van der Waals surface area (Å²) in [5, 5.41) is 11.1. The Morgan fingerprint density at radius 2 is 1.96 bits per heavy atom. The van der Waals surface area contributed by atoms with Gasteiger partial charge < -0.3 is 14.7 Å². The first-order valence-corrected chi connectivity index (χ1v) is 9.60. The summed E-state index contributed by atoms with van der Waals surface area (Å²) in [5.74, 6) is -0.0479. The topological polar surface area (TPSA) is 66.8 Å². The number of rotatable bonds is 6. The van der Waals surface area contributed by atoms with Crippen LogP contribution in [0.2, 0.25) is 0 Å². The van der Waals surface area contributed by atoms with Crippen molar-refractivity contribution in [2.45, 2.75) is 45.4 Å². The molecule has 0 fully saturated rings. The van der Waals surface area contributed by atoms with E-state index in [0.29, 0.717) is 17.0 Å². The summed E-state index contributed by atoms with van der Waals surface area (Å²) < 4.78 is 6.59. The summed E-state index contributed by atoms with van der Waals surface area (Å²) in [6, 6.07) is 12.8. The van der Waals surface area contributed by atoms with E-state index in [-0.39, 0.29) is 24.9 Å². The molecule has 0 spiro atoms. The van der Waals surface area contributed by atoms with Gasteiger partial charge in [0.25, 0.3) is 5.91 Å². The van der Waals surface area contributed by atoms with Gasteiger partial charge in [-0.3, -0.25) is 9.59 Å². The number of amides is 1. The van der Waals surface area contributed by atoms with Gasteiger partial charge in [-0.15, -0.1) is 0 Å². The van der Waals surface area contributed by atoms with Gasteiger partial charge in [-0.25, -0.2) is 0 Å². The Balaban J connectivity index is 2.03. The number of hydrogen-bond donors (Lipinski definition) is 1. The third-order valence-electron chi connectivity index (χ3n) is 4.46. The van der Waals surface area contributed by atoms with Gasteiger partial charge in [0.1, 0.15) is 11.5 Å². The minimum absolute atomic E-state index is 0.00156. The molecule has 0 aromatic heterocycles. The maximum absolute atomic E-state index is 13.1. The summed E-state index contributed by atoms with van der Waals surface area (Å²) >= 11 is 3.38. The number of fused-ring (bicyclic) bond motifs is 1. The maximum Gasteiger partial charge on any atom is 0.264 e. The van der Waals surface area contributed by atoms with Crippen LogP contribution in [0.5, 0.6) is 5.75 Å². The number of Topliss-reactive ketones (excluding diaryl/α,β-unsaturated/α-hetero) is 1. The molecule has 5 nitrogen and oxygen atoms in total. The molecule has 6 heteroatoms. The predicted molar refractivity (Wildman–Crippen MR) is 107 cm³/mol. The summed E-state index contributed by atoms with van der Waals surface area (Å²) in [6.07, 6.45) is -0.256. The highest BCUT2D eigenvalue weighted by molar-refractivity contribution is 9.10. The lowest BCUT2D eigenvalue weighted by molar-refractivity contribution is -0.141. The number of carbonyl (C=O) groups excluding carboxylic acids is 2. The van der Waals surface area contributed by atoms with E-state index in [1.165, 1.54) is 11.8 Å². The first kappa shape index (κ1) is 19.6. The van der Waals surface area contributed by atoms with Gasteiger partial charge >= 0.3 is 0 Å². The van der Waals surface area contributed by atoms with Crippen LogP contribution in [0.1, 0.15) is 38.3 Å². The third-order valence-corrected chi connectivity index (χ3v) is 4.96. The molecule has 3 rings (SSSR count). The Hall–Kier alpha value is -2.18. The molecule has 2 aromatic carbocycles. The summed E-state index contributed by atoms with van der Waals surface area (Å²) in [6.45, 7) is 5.50. The van der Waals surface area contributed by atoms with Crippen LogP contribution in [-0.2, 0) is 21.7 Å². The van der Waals surface area contributed by atoms with E-state index in [2.05, 4.69) is 15.9 Å². The lowest BCUT2D eigenvalue weighted by Gasteiger charge is -2.23. The average molecular weight is 432 g/mol. The second-order valence-electron chi connectivity index (χ2n) is 7.07. The summed E-state index contributed by atoms with van der Waals surface area (Å²) in [5.41, 5.74) is 0.0323. The van der Waals surface area contributed by atoms with Crippen LogP contribution in [0, 0.1) is 0 Å². The van der Waals surface area contributed by atoms with Crippen molar-refractivity contribution in [2.75, 3.05) is 4.90 Å². The minimum Gasteiger partial charge on any atom is -0.491 e.